The molecule has 1 aliphatic heterocycles. The summed E-state index contributed by atoms with van der Waals surface area (Å²) in [5, 5.41) is 11.6. The number of hydrogen-bond acceptors (Lipinski definition) is 5. The van der Waals surface area contributed by atoms with Gasteiger partial charge in [0.05, 0.1) is 23.9 Å². The maximum Gasteiger partial charge on any atom is 0.300 e. The van der Waals surface area contributed by atoms with E-state index in [9.17, 15) is 14.7 Å². The van der Waals surface area contributed by atoms with Crippen molar-refractivity contribution in [1.82, 2.24) is 4.98 Å². The minimum Gasteiger partial charge on any atom is -0.507 e. The van der Waals surface area contributed by atoms with E-state index < -0.39 is 17.7 Å². The van der Waals surface area contributed by atoms with E-state index in [1.54, 1.807) is 30.5 Å². The zero-order valence-corrected chi connectivity index (χ0v) is 20.9. The first kappa shape index (κ1) is 24.2. The average Bonchev–Trinajstić information content (AvgIpc) is 3.10. The highest BCUT2D eigenvalue weighted by Gasteiger charge is 2.48. The number of nitrogens with zero attached hydrogens (tertiary/aromatic N) is 2. The Labute approximate surface area is 205 Å². The van der Waals surface area contributed by atoms with Crippen molar-refractivity contribution in [3.8, 4) is 5.75 Å². The molecule has 6 nitrogen and oxygen atoms in total. The van der Waals surface area contributed by atoms with Crippen molar-refractivity contribution in [2.24, 2.45) is 0 Å². The van der Waals surface area contributed by atoms with Gasteiger partial charge in [-0.1, -0.05) is 45.0 Å². The molecule has 1 aliphatic rings. The quantitative estimate of drug-likeness (QED) is 0.304. The summed E-state index contributed by atoms with van der Waals surface area (Å²) in [6.45, 7) is 10.0. The van der Waals surface area contributed by atoms with Gasteiger partial charge in [-0.25, -0.2) is 0 Å². The molecule has 4 rings (SSSR count). The van der Waals surface area contributed by atoms with Gasteiger partial charge in [-0.2, -0.15) is 0 Å². The van der Waals surface area contributed by atoms with Crippen LogP contribution in [0.5, 0.6) is 5.75 Å². The van der Waals surface area contributed by atoms with Crippen LogP contribution in [0.2, 0.25) is 0 Å². The van der Waals surface area contributed by atoms with Gasteiger partial charge in [-0.05, 0) is 66.3 Å². The van der Waals surface area contributed by atoms with Gasteiger partial charge in [0.15, 0.2) is 0 Å². The van der Waals surface area contributed by atoms with Crippen molar-refractivity contribution in [2.45, 2.75) is 46.1 Å². The highest BCUT2D eigenvalue weighted by molar-refractivity contribution is 6.51. The number of ether oxygens (including phenoxy) is 1. The lowest BCUT2D eigenvalue weighted by atomic mass is 9.85. The largest absolute Gasteiger partial charge is 0.507 e. The van der Waals surface area contributed by atoms with E-state index in [1.807, 2.05) is 44.2 Å². The Morgan fingerprint density at radius 2 is 1.77 bits per heavy atom. The first-order valence-corrected chi connectivity index (χ1v) is 11.5. The fraction of sp³-hybridized carbons (Fsp3) is 0.276. The van der Waals surface area contributed by atoms with Crippen LogP contribution in [0.15, 0.2) is 66.4 Å². The van der Waals surface area contributed by atoms with E-state index >= 15 is 0 Å². The number of Topliss-reactive ketones (excluding diaryl/α,β-unsaturated/α-hetero) is 1. The number of methoxy groups -OCH3 is 1. The highest BCUT2D eigenvalue weighted by Crippen LogP contribution is 2.44. The molecule has 1 unspecified atom stereocenters. The summed E-state index contributed by atoms with van der Waals surface area (Å²) in [6.07, 6.45) is 1.61. The second-order valence-corrected chi connectivity index (χ2v) is 9.88. The number of benzene rings is 2. The van der Waals surface area contributed by atoms with E-state index in [4.69, 9.17) is 4.74 Å². The van der Waals surface area contributed by atoms with Gasteiger partial charge in [-0.15, -0.1) is 0 Å². The first-order valence-electron chi connectivity index (χ1n) is 11.5. The second kappa shape index (κ2) is 9.02. The zero-order chi connectivity index (χ0) is 25.5. The van der Waals surface area contributed by atoms with Crippen molar-refractivity contribution in [2.75, 3.05) is 12.0 Å². The summed E-state index contributed by atoms with van der Waals surface area (Å²) in [7, 11) is 1.51. The Morgan fingerprint density at radius 1 is 1.03 bits per heavy atom. The summed E-state index contributed by atoms with van der Waals surface area (Å²) in [5.41, 5.74) is 3.98. The smallest absolute Gasteiger partial charge is 0.300 e. The van der Waals surface area contributed by atoms with Crippen LogP contribution in [0.25, 0.3) is 5.76 Å². The third-order valence-corrected chi connectivity index (χ3v) is 6.36. The number of hydrogen-bond donors (Lipinski definition) is 1. The lowest BCUT2D eigenvalue weighted by molar-refractivity contribution is -0.132. The van der Waals surface area contributed by atoms with Crippen LogP contribution in [0.1, 0.15) is 54.8 Å². The Hall–Kier alpha value is -3.93. The third kappa shape index (κ3) is 4.32. The SMILES string of the molecule is COc1ccc(C(C)(C)C)cc1/C(O)=C1\C(=O)C(=O)N(c2cc(C)ccc2C)C1c1ccccn1. The van der Waals surface area contributed by atoms with E-state index in [0.717, 1.165) is 16.7 Å². The number of carbonyl (C=O) groups is 2. The number of aliphatic hydroxyl groups is 1. The molecular weight excluding hydrogens is 440 g/mol. The van der Waals surface area contributed by atoms with Gasteiger partial charge in [0.25, 0.3) is 11.7 Å². The summed E-state index contributed by atoms with van der Waals surface area (Å²) in [5.74, 6) is -1.34. The number of ketones is 1. The Balaban J connectivity index is 2.02. The lowest BCUT2D eigenvalue weighted by Crippen LogP contribution is -2.30. The minimum atomic E-state index is -0.889. The molecule has 1 aromatic heterocycles. The molecule has 0 radical (unpaired) electrons. The van der Waals surface area contributed by atoms with Crippen LogP contribution in [0, 0.1) is 13.8 Å². The molecule has 0 bridgehead atoms. The van der Waals surface area contributed by atoms with Crippen molar-refractivity contribution in [1.29, 1.82) is 0 Å². The number of amides is 1. The molecule has 35 heavy (non-hydrogen) atoms. The Morgan fingerprint density at radius 3 is 2.40 bits per heavy atom. The van der Waals surface area contributed by atoms with Crippen molar-refractivity contribution in [3.05, 3.63) is 94.3 Å². The predicted octanol–water partition coefficient (Wildman–Crippen LogP) is 5.63. The molecule has 1 atom stereocenters. The van der Waals surface area contributed by atoms with Crippen LogP contribution in [0.4, 0.5) is 5.69 Å². The normalized spacial score (nSPS) is 17.7. The van der Waals surface area contributed by atoms with Crippen LogP contribution in [-0.2, 0) is 15.0 Å². The van der Waals surface area contributed by atoms with Crippen LogP contribution in [0.3, 0.4) is 0 Å². The molecule has 0 saturated carbocycles. The number of carbonyl (C=O) groups excluding carboxylic acids is 2. The van der Waals surface area contributed by atoms with E-state index in [-0.39, 0.29) is 16.7 Å². The van der Waals surface area contributed by atoms with Crippen molar-refractivity contribution < 1.29 is 19.4 Å². The van der Waals surface area contributed by atoms with Gasteiger partial charge < -0.3 is 9.84 Å². The van der Waals surface area contributed by atoms with Gasteiger partial charge >= 0.3 is 0 Å². The maximum absolute atomic E-state index is 13.5. The van der Waals surface area contributed by atoms with Gasteiger partial charge in [-0.3, -0.25) is 19.5 Å². The summed E-state index contributed by atoms with van der Waals surface area (Å²) in [6, 6.07) is 15.7. The van der Waals surface area contributed by atoms with Crippen LogP contribution in [-0.4, -0.2) is 28.9 Å². The number of aryl methyl sites for hydroxylation is 2. The molecule has 180 valence electrons. The summed E-state index contributed by atoms with van der Waals surface area (Å²) < 4.78 is 5.52. The molecule has 0 spiro atoms. The second-order valence-electron chi connectivity index (χ2n) is 9.88. The van der Waals surface area contributed by atoms with Crippen molar-refractivity contribution in [3.63, 3.8) is 0 Å². The van der Waals surface area contributed by atoms with E-state index in [0.29, 0.717) is 22.7 Å². The minimum absolute atomic E-state index is 0.0148. The fourth-order valence-electron chi connectivity index (χ4n) is 4.38. The molecule has 2 heterocycles. The highest BCUT2D eigenvalue weighted by atomic mass is 16.5. The number of aliphatic hydroxyl groups excluding tert-OH is 1. The van der Waals surface area contributed by atoms with Crippen LogP contribution < -0.4 is 9.64 Å². The Bertz CT molecular complexity index is 1340. The number of anilines is 1. The predicted molar refractivity (Wildman–Crippen MR) is 137 cm³/mol. The molecule has 1 saturated heterocycles. The van der Waals surface area contributed by atoms with Crippen LogP contribution >= 0.6 is 0 Å². The zero-order valence-electron chi connectivity index (χ0n) is 20.9. The standard InChI is InChI=1S/C29H30N2O4/c1-17-10-11-18(2)22(15-17)31-25(21-9-7-8-14-30-21)24(27(33)28(31)34)26(32)20-16-19(29(3,4)5)12-13-23(20)35-6/h7-16,25,32H,1-6H3/b26-24+. The third-order valence-electron chi connectivity index (χ3n) is 6.36. The molecular formula is C29H30N2O4. The van der Waals surface area contributed by atoms with E-state index in [2.05, 4.69) is 25.8 Å². The molecule has 2 aromatic carbocycles. The van der Waals surface area contributed by atoms with Gasteiger partial charge in [0.2, 0.25) is 0 Å². The summed E-state index contributed by atoms with van der Waals surface area (Å²) in [4.78, 5) is 32.8. The maximum atomic E-state index is 13.5. The Kier molecular flexibility index (Phi) is 6.24. The first-order chi connectivity index (χ1) is 16.5. The molecule has 1 N–H and O–H groups in total. The average molecular weight is 471 g/mol. The fourth-order valence-corrected chi connectivity index (χ4v) is 4.38. The number of aromatic nitrogens is 1. The van der Waals surface area contributed by atoms with Gasteiger partial charge in [0, 0.05) is 11.9 Å². The topological polar surface area (TPSA) is 79.7 Å². The molecule has 6 heteroatoms. The van der Waals surface area contributed by atoms with Gasteiger partial charge in [0.1, 0.15) is 17.6 Å². The lowest BCUT2D eigenvalue weighted by Gasteiger charge is -2.26. The molecule has 1 amide bonds. The monoisotopic (exact) mass is 470 g/mol. The summed E-state index contributed by atoms with van der Waals surface area (Å²) >= 11 is 0. The number of pyridine rings is 1. The number of rotatable bonds is 4. The van der Waals surface area contributed by atoms with Crippen molar-refractivity contribution >= 4 is 23.1 Å². The molecule has 1 fully saturated rings. The molecule has 0 aliphatic carbocycles. The van der Waals surface area contributed by atoms with E-state index in [1.165, 1.54) is 12.0 Å². The molecule has 3 aromatic rings.